The summed E-state index contributed by atoms with van der Waals surface area (Å²) < 4.78 is 5.00. The monoisotopic (exact) mass is 208 g/mol. The van der Waals surface area contributed by atoms with Crippen molar-refractivity contribution in [3.05, 3.63) is 12.1 Å². The topological polar surface area (TPSA) is 101 Å². The zero-order chi connectivity index (χ0) is 10.8. The molecule has 0 bridgehead atoms. The highest BCUT2D eigenvalue weighted by molar-refractivity contribution is 5.74. The summed E-state index contributed by atoms with van der Waals surface area (Å²) in [7, 11) is 0. The molecule has 0 aromatic carbocycles. The van der Waals surface area contributed by atoms with Gasteiger partial charge in [0.1, 0.15) is 6.54 Å². The third kappa shape index (κ3) is 1.85. The number of aryl methyl sites for hydroxylation is 1. The molecule has 0 aliphatic rings. The molecule has 2 aromatic rings. The van der Waals surface area contributed by atoms with Crippen molar-refractivity contribution in [2.24, 2.45) is 0 Å². The maximum absolute atomic E-state index is 10.3. The molecule has 2 rings (SSSR count). The van der Waals surface area contributed by atoms with E-state index in [0.717, 1.165) is 0 Å². The zero-order valence-electron chi connectivity index (χ0n) is 7.89. The van der Waals surface area contributed by atoms with E-state index < -0.39 is 5.97 Å². The third-order valence-corrected chi connectivity index (χ3v) is 1.77. The lowest BCUT2D eigenvalue weighted by atomic mass is 10.4. The summed E-state index contributed by atoms with van der Waals surface area (Å²) in [6, 6.07) is 0. The summed E-state index contributed by atoms with van der Waals surface area (Å²) in [4.78, 5) is 22.2. The van der Waals surface area contributed by atoms with E-state index >= 15 is 0 Å². The summed E-state index contributed by atoms with van der Waals surface area (Å²) in [5.41, 5.74) is 1.56. The molecule has 0 unspecified atom stereocenters. The average molecular weight is 208 g/mol. The fourth-order valence-electron chi connectivity index (χ4n) is 1.13. The van der Waals surface area contributed by atoms with Crippen LogP contribution in [0.2, 0.25) is 0 Å². The number of oxazole rings is 1. The highest BCUT2D eigenvalue weighted by Crippen LogP contribution is 2.14. The Morgan fingerprint density at radius 3 is 3.13 bits per heavy atom. The van der Waals surface area contributed by atoms with Crippen LogP contribution in [0.15, 0.2) is 10.8 Å². The molecule has 0 amide bonds. The summed E-state index contributed by atoms with van der Waals surface area (Å²) in [5, 5.41) is 11.0. The smallest absolute Gasteiger partial charge is 0.322 e. The summed E-state index contributed by atoms with van der Waals surface area (Å²) in [5.74, 6) is -0.756. The van der Waals surface area contributed by atoms with Gasteiger partial charge >= 0.3 is 5.97 Å². The molecule has 0 aliphatic heterocycles. The third-order valence-electron chi connectivity index (χ3n) is 1.77. The lowest BCUT2D eigenvalue weighted by molar-refractivity contribution is -0.134. The van der Waals surface area contributed by atoms with Gasteiger partial charge < -0.3 is 14.8 Å². The fourth-order valence-corrected chi connectivity index (χ4v) is 1.13. The largest absolute Gasteiger partial charge is 0.480 e. The quantitative estimate of drug-likeness (QED) is 0.753. The summed E-state index contributed by atoms with van der Waals surface area (Å²) in [6.07, 6.45) is 1.27. The van der Waals surface area contributed by atoms with Gasteiger partial charge in [0.25, 0.3) is 5.71 Å². The molecule has 0 atom stereocenters. The Kier molecular flexibility index (Phi) is 2.20. The number of nitrogens with one attached hydrogen (secondary N) is 1. The van der Waals surface area contributed by atoms with E-state index in [-0.39, 0.29) is 12.5 Å². The molecular weight excluding hydrogens is 200 g/mol. The maximum atomic E-state index is 10.3. The van der Waals surface area contributed by atoms with Gasteiger partial charge in [-0.25, -0.2) is 9.97 Å². The van der Waals surface area contributed by atoms with E-state index in [0.29, 0.717) is 16.9 Å². The van der Waals surface area contributed by atoms with Crippen molar-refractivity contribution in [2.75, 3.05) is 11.9 Å². The Morgan fingerprint density at radius 2 is 2.40 bits per heavy atom. The first-order valence-electron chi connectivity index (χ1n) is 4.20. The number of anilines is 1. The molecular formula is C8H8N4O3. The highest BCUT2D eigenvalue weighted by atomic mass is 16.4. The van der Waals surface area contributed by atoms with Crippen molar-refractivity contribution in [2.45, 2.75) is 6.92 Å². The number of nitrogens with zero attached hydrogens (tertiary/aromatic N) is 3. The predicted octanol–water partition coefficient (Wildman–Crippen LogP) is 0.423. The van der Waals surface area contributed by atoms with Crippen molar-refractivity contribution >= 4 is 23.1 Å². The summed E-state index contributed by atoms with van der Waals surface area (Å²) in [6.45, 7) is 1.51. The van der Waals surface area contributed by atoms with Crippen molar-refractivity contribution in [3.63, 3.8) is 0 Å². The number of aliphatic carboxylic acids is 1. The predicted molar refractivity (Wildman–Crippen MR) is 50.5 cm³/mol. The average Bonchev–Trinajstić information content (AvgIpc) is 2.63. The second-order valence-electron chi connectivity index (χ2n) is 2.89. The van der Waals surface area contributed by atoms with Crippen LogP contribution in [0.1, 0.15) is 5.69 Å². The Hall–Kier alpha value is -2.18. The van der Waals surface area contributed by atoms with E-state index in [1.165, 1.54) is 6.39 Å². The first-order chi connectivity index (χ1) is 7.16. The highest BCUT2D eigenvalue weighted by Gasteiger charge is 2.08. The molecule has 2 N–H and O–H groups in total. The molecule has 2 aromatic heterocycles. The standard InChI is InChI=1S/C8H8N4O3/c1-4-6-7(15-3-10-6)12-8(11-4)9-2-5(13)14/h3H,2H2,1H3,(H,13,14)(H,9,11,12). The minimum Gasteiger partial charge on any atom is -0.480 e. The number of carboxylic acids is 1. The fraction of sp³-hybridized carbons (Fsp3) is 0.250. The molecule has 0 aliphatic carbocycles. The van der Waals surface area contributed by atoms with Gasteiger partial charge in [0.05, 0.1) is 5.69 Å². The minimum atomic E-state index is -0.978. The number of carboxylic acid groups (broad SMARTS) is 1. The zero-order valence-corrected chi connectivity index (χ0v) is 7.89. The molecule has 78 valence electrons. The van der Waals surface area contributed by atoms with E-state index in [9.17, 15) is 4.79 Å². The second-order valence-corrected chi connectivity index (χ2v) is 2.89. The van der Waals surface area contributed by atoms with Crippen molar-refractivity contribution < 1.29 is 14.3 Å². The maximum Gasteiger partial charge on any atom is 0.322 e. The van der Waals surface area contributed by atoms with Crippen molar-refractivity contribution in [1.29, 1.82) is 0 Å². The van der Waals surface area contributed by atoms with Gasteiger partial charge in [-0.15, -0.1) is 0 Å². The Bertz CT molecular complexity index is 508. The van der Waals surface area contributed by atoms with Gasteiger partial charge in [-0.3, -0.25) is 4.79 Å². The van der Waals surface area contributed by atoms with Crippen LogP contribution in [0, 0.1) is 6.92 Å². The first-order valence-corrected chi connectivity index (χ1v) is 4.20. The number of hydrogen-bond donors (Lipinski definition) is 2. The van der Waals surface area contributed by atoms with Gasteiger partial charge in [-0.05, 0) is 6.92 Å². The van der Waals surface area contributed by atoms with Crippen LogP contribution in [0.5, 0.6) is 0 Å². The van der Waals surface area contributed by atoms with Crippen LogP contribution in [0.4, 0.5) is 5.95 Å². The first kappa shape index (κ1) is 9.38. The normalized spacial score (nSPS) is 10.5. The van der Waals surface area contributed by atoms with Crippen molar-refractivity contribution in [3.8, 4) is 0 Å². The molecule has 2 heterocycles. The molecule has 7 heteroatoms. The van der Waals surface area contributed by atoms with Gasteiger partial charge in [0.15, 0.2) is 11.9 Å². The number of fused-ring (bicyclic) bond motifs is 1. The van der Waals surface area contributed by atoms with Crippen LogP contribution in [-0.2, 0) is 4.79 Å². The molecule has 15 heavy (non-hydrogen) atoms. The molecule has 0 spiro atoms. The van der Waals surface area contributed by atoms with Gasteiger partial charge in [-0.2, -0.15) is 4.98 Å². The molecule has 7 nitrogen and oxygen atoms in total. The molecule has 0 fully saturated rings. The van der Waals surface area contributed by atoms with Crippen molar-refractivity contribution in [1.82, 2.24) is 15.0 Å². The SMILES string of the molecule is Cc1nc(NCC(=O)O)nc2ocnc12. The van der Waals surface area contributed by atoms with Gasteiger partial charge in [-0.1, -0.05) is 0 Å². The molecule has 0 saturated carbocycles. The number of aromatic nitrogens is 3. The molecule has 0 saturated heterocycles. The minimum absolute atomic E-state index is 0.221. The lowest BCUT2D eigenvalue weighted by Crippen LogP contribution is -2.14. The number of carbonyl (C=O) groups is 1. The van der Waals surface area contributed by atoms with Crippen LogP contribution in [0.3, 0.4) is 0 Å². The Balaban J connectivity index is 2.32. The van der Waals surface area contributed by atoms with Crippen LogP contribution >= 0.6 is 0 Å². The Morgan fingerprint density at radius 1 is 1.60 bits per heavy atom. The second kappa shape index (κ2) is 3.52. The Labute approximate surface area is 84.2 Å². The van der Waals surface area contributed by atoms with E-state index in [1.807, 2.05) is 0 Å². The van der Waals surface area contributed by atoms with Crippen LogP contribution in [0.25, 0.3) is 11.2 Å². The van der Waals surface area contributed by atoms with Crippen LogP contribution in [-0.4, -0.2) is 32.6 Å². The molecule has 0 radical (unpaired) electrons. The van der Waals surface area contributed by atoms with Gasteiger partial charge in [0.2, 0.25) is 5.95 Å². The lowest BCUT2D eigenvalue weighted by Gasteiger charge is -2.01. The summed E-state index contributed by atoms with van der Waals surface area (Å²) >= 11 is 0. The van der Waals surface area contributed by atoms with E-state index in [4.69, 9.17) is 9.52 Å². The van der Waals surface area contributed by atoms with E-state index in [2.05, 4.69) is 20.3 Å². The van der Waals surface area contributed by atoms with Crippen LogP contribution < -0.4 is 5.32 Å². The van der Waals surface area contributed by atoms with Gasteiger partial charge in [0, 0.05) is 0 Å². The number of hydrogen-bond acceptors (Lipinski definition) is 6. The van der Waals surface area contributed by atoms with E-state index in [1.54, 1.807) is 6.92 Å². The number of rotatable bonds is 3.